The van der Waals surface area contributed by atoms with Crippen LogP contribution >= 0.6 is 0 Å². The smallest absolute Gasteiger partial charge is 0.123 e. The molecular formula is C21H23FN4. The van der Waals surface area contributed by atoms with Gasteiger partial charge in [0, 0.05) is 29.9 Å². The summed E-state index contributed by atoms with van der Waals surface area (Å²) in [5, 5.41) is 0. The van der Waals surface area contributed by atoms with Gasteiger partial charge in [-0.25, -0.2) is 9.37 Å². The van der Waals surface area contributed by atoms with E-state index in [0.29, 0.717) is 0 Å². The Bertz CT molecular complexity index is 836. The number of hydrogen-bond acceptors (Lipinski definition) is 3. The van der Waals surface area contributed by atoms with Gasteiger partial charge in [-0.1, -0.05) is 0 Å². The van der Waals surface area contributed by atoms with Crippen molar-refractivity contribution in [2.24, 2.45) is 0 Å². The minimum atomic E-state index is -0.236. The molecule has 4 nitrogen and oxygen atoms in total. The van der Waals surface area contributed by atoms with Gasteiger partial charge in [-0.2, -0.15) is 0 Å². The van der Waals surface area contributed by atoms with Crippen molar-refractivity contribution in [2.45, 2.75) is 25.7 Å². The Morgan fingerprint density at radius 2 is 1.69 bits per heavy atom. The molecule has 0 saturated carbocycles. The lowest BCUT2D eigenvalue weighted by Crippen LogP contribution is -2.20. The van der Waals surface area contributed by atoms with Crippen molar-refractivity contribution in [3.8, 4) is 22.5 Å². The van der Waals surface area contributed by atoms with Crippen molar-refractivity contribution >= 4 is 0 Å². The fourth-order valence-corrected chi connectivity index (χ4v) is 3.56. The second-order valence-electron chi connectivity index (χ2n) is 6.80. The van der Waals surface area contributed by atoms with Crippen molar-refractivity contribution in [3.05, 3.63) is 60.4 Å². The van der Waals surface area contributed by atoms with Gasteiger partial charge in [-0.15, -0.1) is 0 Å². The lowest BCUT2D eigenvalue weighted by molar-refractivity contribution is 0.333. The number of likely N-dealkylation sites (tertiary alicyclic amines) is 1. The van der Waals surface area contributed by atoms with E-state index in [2.05, 4.69) is 14.9 Å². The zero-order chi connectivity index (χ0) is 17.8. The normalized spacial score (nSPS) is 14.8. The van der Waals surface area contributed by atoms with Crippen LogP contribution in [0.3, 0.4) is 0 Å². The van der Waals surface area contributed by atoms with E-state index < -0.39 is 0 Å². The zero-order valence-corrected chi connectivity index (χ0v) is 14.8. The largest absolute Gasteiger partial charge is 0.341 e. The predicted octanol–water partition coefficient (Wildman–Crippen LogP) is 4.31. The standard InChI is InChI=1S/C21H23FN4/c22-18-7-5-16(6-8-18)20-21(17-9-11-23-12-10-17)25-19(24-20)4-3-15-26-13-1-2-14-26/h5-12H,1-4,13-15H2,(H,24,25). The first-order valence-electron chi connectivity index (χ1n) is 9.27. The van der Waals surface area contributed by atoms with Crippen LogP contribution in [-0.4, -0.2) is 39.5 Å². The van der Waals surface area contributed by atoms with Gasteiger partial charge < -0.3 is 9.88 Å². The third kappa shape index (κ3) is 3.83. The monoisotopic (exact) mass is 350 g/mol. The number of aromatic nitrogens is 3. The quantitative estimate of drug-likeness (QED) is 0.721. The lowest BCUT2D eigenvalue weighted by atomic mass is 10.1. The highest BCUT2D eigenvalue weighted by Crippen LogP contribution is 2.30. The molecule has 1 saturated heterocycles. The highest BCUT2D eigenvalue weighted by Gasteiger charge is 2.15. The van der Waals surface area contributed by atoms with Crippen molar-refractivity contribution < 1.29 is 4.39 Å². The number of aryl methyl sites for hydroxylation is 1. The van der Waals surface area contributed by atoms with Gasteiger partial charge >= 0.3 is 0 Å². The zero-order valence-electron chi connectivity index (χ0n) is 14.8. The number of pyridine rings is 1. The minimum Gasteiger partial charge on any atom is -0.341 e. The number of aromatic amines is 1. The number of rotatable bonds is 6. The van der Waals surface area contributed by atoms with Crippen molar-refractivity contribution in [1.82, 2.24) is 19.9 Å². The number of nitrogens with zero attached hydrogens (tertiary/aromatic N) is 3. The fourth-order valence-electron chi connectivity index (χ4n) is 3.56. The van der Waals surface area contributed by atoms with Crippen LogP contribution in [0, 0.1) is 5.82 Å². The van der Waals surface area contributed by atoms with E-state index in [4.69, 9.17) is 4.98 Å². The number of imidazole rings is 1. The molecule has 0 unspecified atom stereocenters. The molecule has 1 aromatic carbocycles. The van der Waals surface area contributed by atoms with E-state index >= 15 is 0 Å². The maximum absolute atomic E-state index is 13.3. The average Bonchev–Trinajstić information content (AvgIpc) is 3.33. The molecule has 26 heavy (non-hydrogen) atoms. The van der Waals surface area contributed by atoms with Gasteiger partial charge in [0.25, 0.3) is 0 Å². The summed E-state index contributed by atoms with van der Waals surface area (Å²) in [6.45, 7) is 3.57. The third-order valence-corrected chi connectivity index (χ3v) is 4.93. The highest BCUT2D eigenvalue weighted by atomic mass is 19.1. The molecule has 1 fully saturated rings. The molecule has 0 radical (unpaired) electrons. The molecule has 3 aromatic rings. The van der Waals surface area contributed by atoms with E-state index in [9.17, 15) is 4.39 Å². The van der Waals surface area contributed by atoms with Crippen molar-refractivity contribution in [1.29, 1.82) is 0 Å². The Kier molecular flexibility index (Phi) is 5.07. The minimum absolute atomic E-state index is 0.236. The van der Waals surface area contributed by atoms with Gasteiger partial charge in [0.1, 0.15) is 11.6 Å². The molecule has 1 aliphatic heterocycles. The second-order valence-corrected chi connectivity index (χ2v) is 6.80. The van der Waals surface area contributed by atoms with Gasteiger partial charge in [0.2, 0.25) is 0 Å². The molecule has 4 rings (SSSR count). The number of hydrogen-bond donors (Lipinski definition) is 1. The summed E-state index contributed by atoms with van der Waals surface area (Å²) in [4.78, 5) is 14.9. The van der Waals surface area contributed by atoms with Crippen molar-refractivity contribution in [3.63, 3.8) is 0 Å². The Hall–Kier alpha value is -2.53. The Morgan fingerprint density at radius 3 is 2.42 bits per heavy atom. The number of benzene rings is 1. The lowest BCUT2D eigenvalue weighted by Gasteiger charge is -2.13. The van der Waals surface area contributed by atoms with E-state index in [-0.39, 0.29) is 5.82 Å². The van der Waals surface area contributed by atoms with Gasteiger partial charge in [0.05, 0.1) is 11.4 Å². The molecule has 0 atom stereocenters. The molecule has 1 aliphatic rings. The van der Waals surface area contributed by atoms with Gasteiger partial charge in [-0.3, -0.25) is 4.98 Å². The predicted molar refractivity (Wildman–Crippen MR) is 101 cm³/mol. The molecule has 0 spiro atoms. The van der Waals surface area contributed by atoms with Crippen LogP contribution in [0.15, 0.2) is 48.8 Å². The first-order chi connectivity index (χ1) is 12.8. The molecule has 2 aromatic heterocycles. The first-order valence-corrected chi connectivity index (χ1v) is 9.27. The summed E-state index contributed by atoms with van der Waals surface area (Å²) in [7, 11) is 0. The van der Waals surface area contributed by atoms with Crippen LogP contribution in [0.1, 0.15) is 25.1 Å². The topological polar surface area (TPSA) is 44.8 Å². The van der Waals surface area contributed by atoms with Gasteiger partial charge in [-0.05, 0) is 75.3 Å². The summed E-state index contributed by atoms with van der Waals surface area (Å²) in [6.07, 6.45) is 8.20. The SMILES string of the molecule is Fc1ccc(-c2nc(CCCN3CCCC3)[nH]c2-c2ccncc2)cc1. The number of H-pyrrole nitrogens is 1. The molecule has 0 amide bonds. The summed E-state index contributed by atoms with van der Waals surface area (Å²) in [5.74, 6) is 0.746. The Labute approximate surface area is 153 Å². The summed E-state index contributed by atoms with van der Waals surface area (Å²) < 4.78 is 13.3. The van der Waals surface area contributed by atoms with Crippen LogP contribution < -0.4 is 0 Å². The van der Waals surface area contributed by atoms with Crippen molar-refractivity contribution in [2.75, 3.05) is 19.6 Å². The Morgan fingerprint density at radius 1 is 0.962 bits per heavy atom. The molecule has 5 heteroatoms. The molecule has 3 heterocycles. The summed E-state index contributed by atoms with van der Waals surface area (Å²) in [5.41, 5.74) is 3.79. The number of halogens is 1. The molecule has 0 bridgehead atoms. The van der Waals surface area contributed by atoms with Crippen LogP contribution in [0.2, 0.25) is 0 Å². The summed E-state index contributed by atoms with van der Waals surface area (Å²) >= 11 is 0. The molecule has 1 N–H and O–H groups in total. The van der Waals surface area contributed by atoms with E-state index in [1.165, 1.54) is 38.1 Å². The second kappa shape index (κ2) is 7.79. The number of nitrogens with one attached hydrogen (secondary N) is 1. The third-order valence-electron chi connectivity index (χ3n) is 4.93. The average molecular weight is 350 g/mol. The van der Waals surface area contributed by atoms with Crippen LogP contribution in [0.5, 0.6) is 0 Å². The van der Waals surface area contributed by atoms with Crippen LogP contribution in [-0.2, 0) is 6.42 Å². The van der Waals surface area contributed by atoms with E-state index in [0.717, 1.165) is 47.7 Å². The molecule has 134 valence electrons. The fraction of sp³-hybridized carbons (Fsp3) is 0.333. The highest BCUT2D eigenvalue weighted by molar-refractivity contribution is 5.78. The van der Waals surface area contributed by atoms with Crippen LogP contribution in [0.4, 0.5) is 4.39 Å². The van der Waals surface area contributed by atoms with Crippen LogP contribution in [0.25, 0.3) is 22.5 Å². The maximum atomic E-state index is 13.3. The maximum Gasteiger partial charge on any atom is 0.123 e. The summed E-state index contributed by atoms with van der Waals surface area (Å²) in [6, 6.07) is 10.5. The molecular weight excluding hydrogens is 327 g/mol. The molecule has 0 aliphatic carbocycles. The first kappa shape index (κ1) is 16.9. The van der Waals surface area contributed by atoms with E-state index in [1.807, 2.05) is 12.1 Å². The van der Waals surface area contributed by atoms with Gasteiger partial charge in [0.15, 0.2) is 0 Å². The van der Waals surface area contributed by atoms with E-state index in [1.54, 1.807) is 24.5 Å². The Balaban J connectivity index is 1.58.